The average Bonchev–Trinajstić information content (AvgIpc) is 2.90. The van der Waals surface area contributed by atoms with E-state index >= 15 is 0 Å². The van der Waals surface area contributed by atoms with Gasteiger partial charge < -0.3 is 10.1 Å². The number of rotatable bonds is 5. The molecular formula is C17H25NO. The monoisotopic (exact) mass is 259 g/mol. The van der Waals surface area contributed by atoms with Gasteiger partial charge in [-0.1, -0.05) is 37.1 Å². The SMILES string of the molecule is CNC(CC1Cc2ccccc21)C1(OC)CCCC1. The molecule has 1 aromatic carbocycles. The zero-order chi connectivity index (χ0) is 13.3. The Labute approximate surface area is 116 Å². The van der Waals surface area contributed by atoms with Gasteiger partial charge in [-0.2, -0.15) is 0 Å². The second kappa shape index (κ2) is 5.26. The molecule has 0 radical (unpaired) electrons. The second-order valence-corrected chi connectivity index (χ2v) is 6.15. The van der Waals surface area contributed by atoms with E-state index in [1.165, 1.54) is 38.5 Å². The van der Waals surface area contributed by atoms with Crippen LogP contribution in [-0.4, -0.2) is 25.8 Å². The minimum Gasteiger partial charge on any atom is -0.377 e. The largest absolute Gasteiger partial charge is 0.377 e. The van der Waals surface area contributed by atoms with E-state index in [1.807, 2.05) is 7.11 Å². The molecule has 0 aliphatic heterocycles. The number of hydrogen-bond donors (Lipinski definition) is 1. The Balaban J connectivity index is 1.71. The minimum atomic E-state index is 0.0826. The fraction of sp³-hybridized carbons (Fsp3) is 0.647. The highest BCUT2D eigenvalue weighted by Crippen LogP contribution is 2.43. The van der Waals surface area contributed by atoms with Crippen molar-refractivity contribution in [2.75, 3.05) is 14.2 Å². The summed E-state index contributed by atoms with van der Waals surface area (Å²) in [6.45, 7) is 0. The van der Waals surface area contributed by atoms with Crippen molar-refractivity contribution < 1.29 is 4.74 Å². The van der Waals surface area contributed by atoms with E-state index in [-0.39, 0.29) is 5.60 Å². The maximum absolute atomic E-state index is 5.95. The van der Waals surface area contributed by atoms with Gasteiger partial charge in [0.1, 0.15) is 0 Å². The highest BCUT2D eigenvalue weighted by atomic mass is 16.5. The van der Waals surface area contributed by atoms with Gasteiger partial charge in [-0.25, -0.2) is 0 Å². The van der Waals surface area contributed by atoms with Gasteiger partial charge in [0, 0.05) is 13.2 Å². The topological polar surface area (TPSA) is 21.3 Å². The third kappa shape index (κ3) is 2.21. The lowest BCUT2D eigenvalue weighted by Crippen LogP contribution is -2.50. The van der Waals surface area contributed by atoms with Crippen LogP contribution in [0, 0.1) is 0 Å². The van der Waals surface area contributed by atoms with Gasteiger partial charge in [-0.3, -0.25) is 0 Å². The predicted molar refractivity (Wildman–Crippen MR) is 78.6 cm³/mol. The van der Waals surface area contributed by atoms with Crippen molar-refractivity contribution in [3.8, 4) is 0 Å². The molecule has 1 fully saturated rings. The number of fused-ring (bicyclic) bond motifs is 1. The predicted octanol–water partition coefficient (Wildman–Crippen LogP) is 3.26. The van der Waals surface area contributed by atoms with E-state index in [0.29, 0.717) is 6.04 Å². The van der Waals surface area contributed by atoms with Crippen molar-refractivity contribution >= 4 is 0 Å². The summed E-state index contributed by atoms with van der Waals surface area (Å²) in [4.78, 5) is 0. The van der Waals surface area contributed by atoms with Crippen molar-refractivity contribution in [2.24, 2.45) is 0 Å². The van der Waals surface area contributed by atoms with Gasteiger partial charge >= 0.3 is 0 Å². The maximum Gasteiger partial charge on any atom is 0.0831 e. The lowest BCUT2D eigenvalue weighted by molar-refractivity contribution is -0.0380. The first kappa shape index (κ1) is 13.1. The van der Waals surface area contributed by atoms with Crippen LogP contribution >= 0.6 is 0 Å². The van der Waals surface area contributed by atoms with Crippen LogP contribution < -0.4 is 5.32 Å². The van der Waals surface area contributed by atoms with Gasteiger partial charge in [0.25, 0.3) is 0 Å². The highest BCUT2D eigenvalue weighted by Gasteiger charge is 2.43. The number of nitrogens with one attached hydrogen (secondary N) is 1. The van der Waals surface area contributed by atoms with E-state index in [1.54, 1.807) is 11.1 Å². The molecule has 2 heteroatoms. The van der Waals surface area contributed by atoms with Crippen LogP contribution in [0.15, 0.2) is 24.3 Å². The number of methoxy groups -OCH3 is 1. The number of likely N-dealkylation sites (N-methyl/N-ethyl adjacent to an activating group) is 1. The molecule has 104 valence electrons. The van der Waals surface area contributed by atoms with Gasteiger partial charge in [0.2, 0.25) is 0 Å². The van der Waals surface area contributed by atoms with Crippen LogP contribution in [0.1, 0.15) is 49.1 Å². The normalized spacial score (nSPS) is 25.7. The molecule has 0 heterocycles. The zero-order valence-corrected chi connectivity index (χ0v) is 12.1. The van der Waals surface area contributed by atoms with Gasteiger partial charge in [0.05, 0.1) is 5.60 Å². The lowest BCUT2D eigenvalue weighted by Gasteiger charge is -2.41. The van der Waals surface area contributed by atoms with Crippen LogP contribution in [0.2, 0.25) is 0 Å². The Bertz CT molecular complexity index is 437. The van der Waals surface area contributed by atoms with E-state index in [4.69, 9.17) is 4.74 Å². The van der Waals surface area contributed by atoms with E-state index < -0.39 is 0 Å². The summed E-state index contributed by atoms with van der Waals surface area (Å²) in [5.41, 5.74) is 3.19. The molecule has 2 atom stereocenters. The minimum absolute atomic E-state index is 0.0826. The van der Waals surface area contributed by atoms with Crippen LogP contribution in [0.5, 0.6) is 0 Å². The summed E-state index contributed by atoms with van der Waals surface area (Å²) in [5, 5.41) is 3.54. The van der Waals surface area contributed by atoms with E-state index in [2.05, 4.69) is 36.6 Å². The molecule has 0 bridgehead atoms. The Morgan fingerprint density at radius 1 is 1.32 bits per heavy atom. The Morgan fingerprint density at radius 2 is 2.05 bits per heavy atom. The van der Waals surface area contributed by atoms with E-state index in [0.717, 1.165) is 5.92 Å². The molecule has 0 amide bonds. The molecule has 0 saturated heterocycles. The first-order valence-electron chi connectivity index (χ1n) is 7.59. The van der Waals surface area contributed by atoms with Crippen molar-refractivity contribution in [1.29, 1.82) is 0 Å². The average molecular weight is 259 g/mol. The molecular weight excluding hydrogens is 234 g/mol. The second-order valence-electron chi connectivity index (χ2n) is 6.15. The third-order valence-electron chi connectivity index (χ3n) is 5.32. The first-order valence-corrected chi connectivity index (χ1v) is 7.59. The molecule has 1 aromatic rings. The fourth-order valence-corrected chi connectivity index (χ4v) is 4.12. The summed E-state index contributed by atoms with van der Waals surface area (Å²) >= 11 is 0. The number of hydrogen-bond acceptors (Lipinski definition) is 2. The summed E-state index contributed by atoms with van der Waals surface area (Å²) < 4.78 is 5.95. The summed E-state index contributed by atoms with van der Waals surface area (Å²) in [7, 11) is 3.98. The van der Waals surface area contributed by atoms with Crippen LogP contribution in [0.4, 0.5) is 0 Å². The van der Waals surface area contributed by atoms with Crippen molar-refractivity contribution in [3.63, 3.8) is 0 Å². The zero-order valence-electron chi connectivity index (χ0n) is 12.1. The molecule has 0 aromatic heterocycles. The van der Waals surface area contributed by atoms with Crippen LogP contribution in [0.3, 0.4) is 0 Å². The maximum atomic E-state index is 5.95. The van der Waals surface area contributed by atoms with Gasteiger partial charge in [0.15, 0.2) is 0 Å². The smallest absolute Gasteiger partial charge is 0.0831 e. The molecule has 2 aliphatic rings. The molecule has 0 spiro atoms. The van der Waals surface area contributed by atoms with Crippen LogP contribution in [0.25, 0.3) is 0 Å². The lowest BCUT2D eigenvalue weighted by atomic mass is 9.72. The molecule has 2 aliphatic carbocycles. The first-order chi connectivity index (χ1) is 9.29. The molecule has 2 unspecified atom stereocenters. The van der Waals surface area contributed by atoms with Crippen LogP contribution in [-0.2, 0) is 11.2 Å². The van der Waals surface area contributed by atoms with E-state index in [9.17, 15) is 0 Å². The van der Waals surface area contributed by atoms with Crippen molar-refractivity contribution in [2.45, 2.75) is 56.1 Å². The van der Waals surface area contributed by atoms with Gasteiger partial charge in [-0.05, 0) is 49.8 Å². The summed E-state index contributed by atoms with van der Waals surface area (Å²) in [6.07, 6.45) is 7.50. The highest BCUT2D eigenvalue weighted by molar-refractivity contribution is 5.40. The number of benzene rings is 1. The quantitative estimate of drug-likeness (QED) is 0.876. The Kier molecular flexibility index (Phi) is 3.64. The number of ether oxygens (including phenoxy) is 1. The molecule has 19 heavy (non-hydrogen) atoms. The summed E-state index contributed by atoms with van der Waals surface area (Å²) in [5.74, 6) is 0.723. The Morgan fingerprint density at radius 3 is 2.68 bits per heavy atom. The third-order valence-corrected chi connectivity index (χ3v) is 5.32. The molecule has 3 rings (SSSR count). The standard InChI is InChI=1S/C17H25NO/c1-18-16(17(19-2)9-5-6-10-17)12-14-11-13-7-3-4-8-15(13)14/h3-4,7-8,14,16,18H,5-6,9-12H2,1-2H3. The van der Waals surface area contributed by atoms with Gasteiger partial charge in [-0.15, -0.1) is 0 Å². The molecule has 2 nitrogen and oxygen atoms in total. The summed E-state index contributed by atoms with van der Waals surface area (Å²) in [6, 6.07) is 9.37. The Hall–Kier alpha value is -0.860. The fourth-order valence-electron chi connectivity index (χ4n) is 4.12. The molecule has 1 saturated carbocycles. The molecule has 1 N–H and O–H groups in total. The van der Waals surface area contributed by atoms with Crippen molar-refractivity contribution in [3.05, 3.63) is 35.4 Å². The van der Waals surface area contributed by atoms with Crippen molar-refractivity contribution in [1.82, 2.24) is 5.32 Å².